The van der Waals surface area contributed by atoms with E-state index in [-0.39, 0.29) is 23.8 Å². The number of benzene rings is 1. The third kappa shape index (κ3) is 4.60. The molecule has 0 N–H and O–H groups in total. The van der Waals surface area contributed by atoms with Crippen LogP contribution >= 0.6 is 11.6 Å². The molecule has 0 radical (unpaired) electrons. The van der Waals surface area contributed by atoms with Gasteiger partial charge >= 0.3 is 0 Å². The van der Waals surface area contributed by atoms with E-state index in [1.807, 2.05) is 16.7 Å². The number of hydrogen-bond acceptors (Lipinski definition) is 7. The van der Waals surface area contributed by atoms with Crippen molar-refractivity contribution in [3.63, 3.8) is 0 Å². The van der Waals surface area contributed by atoms with Gasteiger partial charge in [0, 0.05) is 36.7 Å². The summed E-state index contributed by atoms with van der Waals surface area (Å²) in [5.41, 5.74) is 1.76. The number of halogens is 2. The van der Waals surface area contributed by atoms with Crippen LogP contribution in [-0.4, -0.2) is 59.3 Å². The second-order valence-corrected chi connectivity index (χ2v) is 9.17. The topological polar surface area (TPSA) is 74.5 Å². The summed E-state index contributed by atoms with van der Waals surface area (Å²) in [7, 11) is 1.58. The van der Waals surface area contributed by atoms with Gasteiger partial charge in [0.15, 0.2) is 5.82 Å². The van der Waals surface area contributed by atoms with Crippen LogP contribution < -0.4 is 9.64 Å². The smallest absolute Gasteiger partial charge is 0.232 e. The lowest BCUT2D eigenvalue weighted by atomic mass is 9.90. The lowest BCUT2D eigenvalue weighted by Gasteiger charge is -2.20. The normalized spacial score (nSPS) is 22.5. The molecule has 0 bridgehead atoms. The molecule has 2 aliphatic rings. The van der Waals surface area contributed by atoms with Crippen LogP contribution in [0.3, 0.4) is 0 Å². The van der Waals surface area contributed by atoms with E-state index in [0.717, 1.165) is 24.2 Å². The summed E-state index contributed by atoms with van der Waals surface area (Å²) in [6.07, 6.45) is 2.66. The molecule has 10 heteroatoms. The van der Waals surface area contributed by atoms with E-state index in [0.29, 0.717) is 49.0 Å². The SMILES string of the molecule is COc1ccc(-n2c(CO[C@@H]3CCOC3)nnc2N2C[C@H](c3ccc(F)cc3Cl)[C@@H](C)C2)cn1. The average molecular weight is 488 g/mol. The second kappa shape index (κ2) is 9.85. The Kier molecular flexibility index (Phi) is 6.67. The Bertz CT molecular complexity index is 1140. The van der Waals surface area contributed by atoms with Crippen LogP contribution in [0.4, 0.5) is 10.3 Å². The van der Waals surface area contributed by atoms with Gasteiger partial charge < -0.3 is 19.1 Å². The minimum Gasteiger partial charge on any atom is -0.481 e. The molecule has 0 spiro atoms. The van der Waals surface area contributed by atoms with E-state index in [4.69, 9.17) is 25.8 Å². The Morgan fingerprint density at radius 1 is 1.21 bits per heavy atom. The molecular weight excluding hydrogens is 461 g/mol. The zero-order valence-corrected chi connectivity index (χ0v) is 19.9. The molecule has 2 aliphatic heterocycles. The minimum atomic E-state index is -0.333. The molecule has 1 aromatic carbocycles. The van der Waals surface area contributed by atoms with Gasteiger partial charge in [-0.2, -0.15) is 0 Å². The van der Waals surface area contributed by atoms with Crippen LogP contribution in [0.25, 0.3) is 5.69 Å². The summed E-state index contributed by atoms with van der Waals surface area (Å²) in [5, 5.41) is 9.45. The van der Waals surface area contributed by atoms with Crippen molar-refractivity contribution in [2.24, 2.45) is 5.92 Å². The zero-order chi connectivity index (χ0) is 23.7. The number of ether oxygens (including phenoxy) is 3. The quantitative estimate of drug-likeness (QED) is 0.498. The second-order valence-electron chi connectivity index (χ2n) is 8.76. The molecule has 0 amide bonds. The number of methoxy groups -OCH3 is 1. The lowest BCUT2D eigenvalue weighted by molar-refractivity contribution is 0.0277. The van der Waals surface area contributed by atoms with E-state index in [1.54, 1.807) is 19.4 Å². The summed E-state index contributed by atoms with van der Waals surface area (Å²) in [6, 6.07) is 8.35. The highest BCUT2D eigenvalue weighted by Crippen LogP contribution is 2.38. The highest BCUT2D eigenvalue weighted by atomic mass is 35.5. The molecule has 0 aliphatic carbocycles. The van der Waals surface area contributed by atoms with Crippen molar-refractivity contribution in [2.75, 3.05) is 38.3 Å². The van der Waals surface area contributed by atoms with Gasteiger partial charge in [-0.3, -0.25) is 4.57 Å². The number of anilines is 1. The van der Waals surface area contributed by atoms with Crippen molar-refractivity contribution in [2.45, 2.75) is 32.0 Å². The Morgan fingerprint density at radius 3 is 2.79 bits per heavy atom. The molecule has 180 valence electrons. The van der Waals surface area contributed by atoms with Gasteiger partial charge in [0.2, 0.25) is 11.8 Å². The van der Waals surface area contributed by atoms with E-state index in [1.165, 1.54) is 12.1 Å². The standard InChI is InChI=1S/C24H27ClFN5O3/c1-15-11-30(12-20(15)19-5-3-16(26)9-21(19)25)24-29-28-22(14-34-18-7-8-33-13-18)31(24)17-4-6-23(32-2)27-10-17/h3-6,9-10,15,18,20H,7-8,11-14H2,1-2H3/t15-,18+,20-/m0/s1. The number of pyridine rings is 1. The van der Waals surface area contributed by atoms with E-state index < -0.39 is 0 Å². The van der Waals surface area contributed by atoms with Gasteiger partial charge in [0.05, 0.1) is 31.7 Å². The molecule has 3 atom stereocenters. The third-order valence-corrected chi connectivity index (χ3v) is 6.82. The Balaban J connectivity index is 1.45. The Labute approximate surface area is 202 Å². The number of hydrogen-bond donors (Lipinski definition) is 0. The third-order valence-electron chi connectivity index (χ3n) is 6.49. The molecule has 0 unspecified atom stereocenters. The highest BCUT2D eigenvalue weighted by Gasteiger charge is 2.35. The summed E-state index contributed by atoms with van der Waals surface area (Å²) in [6.45, 7) is 5.23. The maximum absolute atomic E-state index is 13.6. The predicted octanol–water partition coefficient (Wildman–Crippen LogP) is 4.01. The molecule has 0 saturated carbocycles. The summed E-state index contributed by atoms with van der Waals surface area (Å²) in [4.78, 5) is 6.55. The summed E-state index contributed by atoms with van der Waals surface area (Å²) < 4.78 is 32.3. The maximum atomic E-state index is 13.6. The predicted molar refractivity (Wildman–Crippen MR) is 125 cm³/mol. The molecule has 34 heavy (non-hydrogen) atoms. The van der Waals surface area contributed by atoms with Crippen molar-refractivity contribution in [1.82, 2.24) is 19.7 Å². The van der Waals surface area contributed by atoms with Crippen LogP contribution in [0, 0.1) is 11.7 Å². The Hall–Kier alpha value is -2.75. The molecule has 2 saturated heterocycles. The lowest BCUT2D eigenvalue weighted by Crippen LogP contribution is -2.24. The first-order chi connectivity index (χ1) is 16.5. The molecule has 4 heterocycles. The van der Waals surface area contributed by atoms with Crippen molar-refractivity contribution in [1.29, 1.82) is 0 Å². The van der Waals surface area contributed by atoms with Gasteiger partial charge in [-0.15, -0.1) is 10.2 Å². The molecule has 2 fully saturated rings. The van der Waals surface area contributed by atoms with Crippen molar-refractivity contribution < 1.29 is 18.6 Å². The summed E-state index contributed by atoms with van der Waals surface area (Å²) >= 11 is 6.39. The van der Waals surface area contributed by atoms with Crippen LogP contribution in [-0.2, 0) is 16.1 Å². The van der Waals surface area contributed by atoms with Crippen molar-refractivity contribution in [3.05, 3.63) is 58.8 Å². The average Bonchev–Trinajstić information content (AvgIpc) is 3.58. The first-order valence-corrected chi connectivity index (χ1v) is 11.7. The minimum absolute atomic E-state index is 0.0550. The van der Waals surface area contributed by atoms with Crippen LogP contribution in [0.5, 0.6) is 5.88 Å². The van der Waals surface area contributed by atoms with Gasteiger partial charge in [-0.1, -0.05) is 24.6 Å². The van der Waals surface area contributed by atoms with Crippen LogP contribution in [0.15, 0.2) is 36.5 Å². The van der Waals surface area contributed by atoms with Gasteiger partial charge in [-0.25, -0.2) is 9.37 Å². The number of rotatable bonds is 7. The van der Waals surface area contributed by atoms with Gasteiger partial charge in [0.25, 0.3) is 0 Å². The fraction of sp³-hybridized carbons (Fsp3) is 0.458. The van der Waals surface area contributed by atoms with Crippen molar-refractivity contribution >= 4 is 17.5 Å². The van der Waals surface area contributed by atoms with E-state index in [2.05, 4.69) is 27.0 Å². The first-order valence-electron chi connectivity index (χ1n) is 11.4. The molecule has 2 aromatic heterocycles. The largest absolute Gasteiger partial charge is 0.481 e. The van der Waals surface area contributed by atoms with Gasteiger partial charge in [-0.05, 0) is 36.1 Å². The van der Waals surface area contributed by atoms with Crippen LogP contribution in [0.1, 0.15) is 30.7 Å². The monoisotopic (exact) mass is 487 g/mol. The fourth-order valence-corrected chi connectivity index (χ4v) is 4.98. The van der Waals surface area contributed by atoms with Crippen molar-refractivity contribution in [3.8, 4) is 11.6 Å². The zero-order valence-electron chi connectivity index (χ0n) is 19.2. The van der Waals surface area contributed by atoms with E-state index >= 15 is 0 Å². The maximum Gasteiger partial charge on any atom is 0.232 e. The first kappa shape index (κ1) is 23.0. The Morgan fingerprint density at radius 2 is 2.09 bits per heavy atom. The fourth-order valence-electron chi connectivity index (χ4n) is 4.67. The van der Waals surface area contributed by atoms with Gasteiger partial charge in [0.1, 0.15) is 12.4 Å². The number of aromatic nitrogens is 4. The summed E-state index contributed by atoms with van der Waals surface area (Å²) in [5.74, 6) is 2.02. The van der Waals surface area contributed by atoms with Crippen LogP contribution in [0.2, 0.25) is 5.02 Å². The molecule has 5 rings (SSSR count). The highest BCUT2D eigenvalue weighted by molar-refractivity contribution is 6.31. The number of nitrogens with zero attached hydrogens (tertiary/aromatic N) is 5. The van der Waals surface area contributed by atoms with E-state index in [9.17, 15) is 4.39 Å². The molecule has 8 nitrogen and oxygen atoms in total. The molecular formula is C24H27ClFN5O3. The molecule has 3 aromatic rings.